The lowest BCUT2D eigenvalue weighted by atomic mass is 10.1. The molecular formula is C12H13N3O2. The Morgan fingerprint density at radius 1 is 1.59 bits per heavy atom. The van der Waals surface area contributed by atoms with Crippen molar-refractivity contribution in [1.82, 2.24) is 0 Å². The number of carbonyl (C=O) groups is 1. The molecule has 0 heterocycles. The number of azide groups is 1. The van der Waals surface area contributed by atoms with Crippen LogP contribution in [0.25, 0.3) is 16.5 Å². The van der Waals surface area contributed by atoms with Crippen LogP contribution in [0.15, 0.2) is 29.4 Å². The van der Waals surface area contributed by atoms with Gasteiger partial charge in [-0.2, -0.15) is 0 Å². The molecule has 0 unspecified atom stereocenters. The van der Waals surface area contributed by atoms with E-state index in [1.54, 1.807) is 37.5 Å². The van der Waals surface area contributed by atoms with E-state index in [4.69, 9.17) is 10.3 Å². The normalized spacial score (nSPS) is 10.0. The maximum atomic E-state index is 11.2. The summed E-state index contributed by atoms with van der Waals surface area (Å²) in [5, 5.41) is 3.39. The number of ether oxygens (including phenoxy) is 1. The van der Waals surface area contributed by atoms with E-state index in [2.05, 4.69) is 10.0 Å². The highest BCUT2D eigenvalue weighted by molar-refractivity contribution is 5.95. The highest BCUT2D eigenvalue weighted by Crippen LogP contribution is 2.21. The minimum atomic E-state index is -0.00245. The van der Waals surface area contributed by atoms with Gasteiger partial charge in [0, 0.05) is 22.6 Å². The van der Waals surface area contributed by atoms with Crippen molar-refractivity contribution in [2.24, 2.45) is 5.11 Å². The fourth-order valence-corrected chi connectivity index (χ4v) is 1.35. The summed E-state index contributed by atoms with van der Waals surface area (Å²) < 4.78 is 5.17. The first-order chi connectivity index (χ1) is 8.19. The second-order valence-corrected chi connectivity index (χ2v) is 3.33. The molecule has 0 radical (unpaired) electrons. The van der Waals surface area contributed by atoms with Crippen LogP contribution in [-0.2, 0) is 0 Å². The van der Waals surface area contributed by atoms with Gasteiger partial charge in [0.05, 0.1) is 7.11 Å². The van der Waals surface area contributed by atoms with E-state index in [0.29, 0.717) is 11.3 Å². The van der Waals surface area contributed by atoms with E-state index in [-0.39, 0.29) is 12.3 Å². The zero-order valence-electron chi connectivity index (χ0n) is 9.75. The van der Waals surface area contributed by atoms with Gasteiger partial charge in [0.2, 0.25) is 0 Å². The average molecular weight is 231 g/mol. The second-order valence-electron chi connectivity index (χ2n) is 3.33. The van der Waals surface area contributed by atoms with Crippen molar-refractivity contribution >= 4 is 11.9 Å². The van der Waals surface area contributed by atoms with Crippen molar-refractivity contribution in [3.63, 3.8) is 0 Å². The van der Waals surface area contributed by atoms with E-state index >= 15 is 0 Å². The molecule has 0 saturated heterocycles. The van der Waals surface area contributed by atoms with Crippen molar-refractivity contribution in [2.45, 2.75) is 6.92 Å². The maximum absolute atomic E-state index is 11.2. The molecule has 0 aromatic heterocycles. The zero-order valence-corrected chi connectivity index (χ0v) is 9.75. The third-order valence-corrected chi connectivity index (χ3v) is 2.18. The van der Waals surface area contributed by atoms with Gasteiger partial charge in [-0.15, -0.1) is 0 Å². The number of methoxy groups -OCH3 is 1. The predicted octanol–water partition coefficient (Wildman–Crippen LogP) is 3.22. The minimum absolute atomic E-state index is 0.00245. The third kappa shape index (κ3) is 3.66. The quantitative estimate of drug-likeness (QED) is 0.337. The lowest BCUT2D eigenvalue weighted by molar-refractivity contribution is 0.101. The molecule has 5 heteroatoms. The van der Waals surface area contributed by atoms with Gasteiger partial charge in [0.1, 0.15) is 5.75 Å². The molecule has 17 heavy (non-hydrogen) atoms. The van der Waals surface area contributed by atoms with E-state index in [9.17, 15) is 4.79 Å². The predicted molar refractivity (Wildman–Crippen MR) is 66.0 cm³/mol. The molecule has 1 aromatic rings. The topological polar surface area (TPSA) is 75.1 Å². The summed E-state index contributed by atoms with van der Waals surface area (Å²) in [5.41, 5.74) is 9.54. The molecule has 1 aromatic carbocycles. The van der Waals surface area contributed by atoms with Crippen molar-refractivity contribution < 1.29 is 9.53 Å². The highest BCUT2D eigenvalue weighted by Gasteiger charge is 2.04. The Morgan fingerprint density at radius 3 is 2.94 bits per heavy atom. The summed E-state index contributed by atoms with van der Waals surface area (Å²) in [6.07, 6.45) is 3.47. The fourth-order valence-electron chi connectivity index (χ4n) is 1.35. The number of carbonyl (C=O) groups excluding carboxylic acids is 1. The van der Waals surface area contributed by atoms with Crippen molar-refractivity contribution in [2.75, 3.05) is 13.7 Å². The van der Waals surface area contributed by atoms with Crippen molar-refractivity contribution in [1.29, 1.82) is 0 Å². The molecule has 0 bridgehead atoms. The molecule has 0 saturated carbocycles. The largest absolute Gasteiger partial charge is 0.496 e. The van der Waals surface area contributed by atoms with Crippen LogP contribution in [0.2, 0.25) is 0 Å². The molecule has 88 valence electrons. The van der Waals surface area contributed by atoms with Crippen LogP contribution in [0.4, 0.5) is 0 Å². The van der Waals surface area contributed by atoms with Crippen molar-refractivity contribution in [3.8, 4) is 5.75 Å². The highest BCUT2D eigenvalue weighted by atomic mass is 16.5. The van der Waals surface area contributed by atoms with Crippen LogP contribution in [0.1, 0.15) is 22.8 Å². The number of nitrogens with zero attached hydrogens (tertiary/aromatic N) is 3. The third-order valence-electron chi connectivity index (χ3n) is 2.18. The van der Waals surface area contributed by atoms with Gasteiger partial charge in [-0.05, 0) is 30.7 Å². The first-order valence-electron chi connectivity index (χ1n) is 5.05. The summed E-state index contributed by atoms with van der Waals surface area (Å²) in [4.78, 5) is 13.9. The zero-order chi connectivity index (χ0) is 12.7. The van der Waals surface area contributed by atoms with Crippen LogP contribution < -0.4 is 4.74 Å². The molecule has 0 aliphatic carbocycles. The van der Waals surface area contributed by atoms with E-state index in [1.807, 2.05) is 0 Å². The van der Waals surface area contributed by atoms with Crippen molar-refractivity contribution in [3.05, 3.63) is 45.8 Å². The number of ketones is 1. The summed E-state index contributed by atoms with van der Waals surface area (Å²) in [6, 6.07) is 5.20. The summed E-state index contributed by atoms with van der Waals surface area (Å²) in [5.74, 6) is 0.671. The lowest BCUT2D eigenvalue weighted by Gasteiger charge is -2.06. The molecular weight excluding hydrogens is 218 g/mol. The van der Waals surface area contributed by atoms with E-state index in [1.165, 1.54) is 6.92 Å². The van der Waals surface area contributed by atoms with E-state index < -0.39 is 0 Å². The molecule has 0 aliphatic heterocycles. The molecule has 0 fully saturated rings. The SMILES string of the molecule is COc1ccc(C(C)=O)cc1C=CCN=[N+]=[N-]. The van der Waals surface area contributed by atoms with Gasteiger partial charge in [-0.3, -0.25) is 4.79 Å². The Kier molecular flexibility index (Phi) is 4.78. The Hall–Kier alpha value is -2.26. The Balaban J connectivity index is 3.01. The second kappa shape index (κ2) is 6.35. The first-order valence-corrected chi connectivity index (χ1v) is 5.05. The Labute approximate surface area is 99.3 Å². The summed E-state index contributed by atoms with van der Waals surface area (Å²) in [7, 11) is 1.56. The van der Waals surface area contributed by atoms with Crippen LogP contribution in [0.5, 0.6) is 5.75 Å². The van der Waals surface area contributed by atoms with Gasteiger partial charge in [-0.25, -0.2) is 0 Å². The standard InChI is InChI=1S/C12H13N3O2/c1-9(16)10-5-6-12(17-2)11(8-10)4-3-7-14-15-13/h3-6,8H,7H2,1-2H3. The number of rotatable bonds is 5. The van der Waals surface area contributed by atoms with Gasteiger partial charge >= 0.3 is 0 Å². The molecule has 0 N–H and O–H groups in total. The van der Waals surface area contributed by atoms with E-state index in [0.717, 1.165) is 5.56 Å². The van der Waals surface area contributed by atoms with Gasteiger partial charge in [0.15, 0.2) is 5.78 Å². The van der Waals surface area contributed by atoms with Gasteiger partial charge in [-0.1, -0.05) is 17.3 Å². The summed E-state index contributed by atoms with van der Waals surface area (Å²) >= 11 is 0. The Morgan fingerprint density at radius 2 is 2.35 bits per heavy atom. The average Bonchev–Trinajstić information content (AvgIpc) is 2.34. The molecule has 1 rings (SSSR count). The number of hydrogen-bond acceptors (Lipinski definition) is 3. The number of benzene rings is 1. The molecule has 5 nitrogen and oxygen atoms in total. The maximum Gasteiger partial charge on any atom is 0.159 e. The monoisotopic (exact) mass is 231 g/mol. The summed E-state index contributed by atoms with van der Waals surface area (Å²) in [6.45, 7) is 1.78. The van der Waals surface area contributed by atoms with Crippen LogP contribution >= 0.6 is 0 Å². The lowest BCUT2D eigenvalue weighted by Crippen LogP contribution is -1.94. The van der Waals surface area contributed by atoms with Crippen LogP contribution in [0, 0.1) is 0 Å². The molecule has 0 spiro atoms. The van der Waals surface area contributed by atoms with Crippen LogP contribution in [0.3, 0.4) is 0 Å². The fraction of sp³-hybridized carbons (Fsp3) is 0.250. The minimum Gasteiger partial charge on any atom is -0.496 e. The van der Waals surface area contributed by atoms with Crippen LogP contribution in [-0.4, -0.2) is 19.4 Å². The number of Topliss-reactive ketones (excluding diaryl/α,β-unsaturated/α-hetero) is 1. The van der Waals surface area contributed by atoms with Gasteiger partial charge < -0.3 is 4.74 Å². The Bertz CT molecular complexity index is 489. The van der Waals surface area contributed by atoms with Gasteiger partial charge in [0.25, 0.3) is 0 Å². The smallest absolute Gasteiger partial charge is 0.159 e. The molecule has 0 atom stereocenters. The molecule has 0 amide bonds. The number of hydrogen-bond donors (Lipinski definition) is 0. The first kappa shape index (κ1) is 12.8. The molecule has 0 aliphatic rings.